The second kappa shape index (κ2) is 28.0. The molecule has 0 radical (unpaired) electrons. The molecule has 2 amide bonds. The fourth-order valence-electron chi connectivity index (χ4n) is 6.90. The van der Waals surface area contributed by atoms with Crippen LogP contribution in [0.4, 0.5) is 0 Å². The number of amides is 2. The first-order chi connectivity index (χ1) is 32.4. The molecular weight excluding hydrogens is 1130 g/mol. The normalized spacial score (nSPS) is 18.6. The molecule has 4 unspecified atom stereocenters. The minimum atomic E-state index is -2.01. The largest absolute Gasteiger partial charge is 0.616 e. The maximum atomic E-state index is 13.3. The Labute approximate surface area is 453 Å². The van der Waals surface area contributed by atoms with E-state index in [0.717, 1.165) is 46.8 Å². The number of unbranched alkanes of at least 4 members (excludes halogenated alkanes) is 5. The Morgan fingerprint density at radius 3 is 2.03 bits per heavy atom. The lowest BCUT2D eigenvalue weighted by Gasteiger charge is -2.51. The number of halogens is 9. The first-order valence-electron chi connectivity index (χ1n) is 21.5. The fourth-order valence-corrected chi connectivity index (χ4v) is 10.3. The Morgan fingerprint density at radius 1 is 0.841 bits per heavy atom. The van der Waals surface area contributed by atoms with Gasteiger partial charge in [-0.25, -0.2) is 4.79 Å². The molecule has 0 aliphatic carbocycles. The molecule has 1 saturated heterocycles. The lowest BCUT2D eigenvalue weighted by atomic mass is 9.95. The van der Waals surface area contributed by atoms with Crippen LogP contribution in [0.2, 0.25) is 0 Å². The summed E-state index contributed by atoms with van der Waals surface area (Å²) in [6.45, 7) is 3.52. The van der Waals surface area contributed by atoms with Crippen molar-refractivity contribution in [3.63, 3.8) is 0 Å². The number of hydrogen-bond donors (Lipinski definition) is 1. The van der Waals surface area contributed by atoms with Crippen LogP contribution in [0.3, 0.4) is 0 Å². The Kier molecular flexibility index (Phi) is 24.3. The zero-order valence-electron chi connectivity index (χ0n) is 37.5. The molecule has 384 valence electrons. The van der Waals surface area contributed by atoms with Gasteiger partial charge in [-0.2, -0.15) is 0 Å². The van der Waals surface area contributed by atoms with E-state index in [4.69, 9.17) is 133 Å². The van der Waals surface area contributed by atoms with E-state index in [1.165, 1.54) is 44.6 Å². The molecule has 3 aliphatic rings. The van der Waals surface area contributed by atoms with Crippen LogP contribution < -0.4 is 19.5 Å². The maximum absolute atomic E-state index is 13.3. The van der Waals surface area contributed by atoms with Crippen LogP contribution in [-0.2, 0) is 55.8 Å². The van der Waals surface area contributed by atoms with E-state index in [1.54, 1.807) is 30.3 Å². The molecule has 25 heteroatoms. The highest BCUT2D eigenvalue weighted by Crippen LogP contribution is 2.47. The molecule has 1 fully saturated rings. The van der Waals surface area contributed by atoms with Gasteiger partial charge in [-0.3, -0.25) is 24.1 Å². The number of fused-ring (bicyclic) bond motifs is 2. The first-order valence-corrected chi connectivity index (χ1v) is 27.2. The summed E-state index contributed by atoms with van der Waals surface area (Å²) in [6, 6.07) is 13.3. The molecular formula is C44H51Cl9N2O12S2. The van der Waals surface area contributed by atoms with Crippen molar-refractivity contribution in [1.82, 2.24) is 10.2 Å². The van der Waals surface area contributed by atoms with Crippen molar-refractivity contribution in [1.29, 1.82) is 0 Å². The van der Waals surface area contributed by atoms with E-state index < -0.39 is 101 Å². The molecule has 14 nitrogen and oxygen atoms in total. The van der Waals surface area contributed by atoms with Gasteiger partial charge >= 0.3 is 17.9 Å². The summed E-state index contributed by atoms with van der Waals surface area (Å²) in [7, 11) is 0. The summed E-state index contributed by atoms with van der Waals surface area (Å²) < 4.78 is 37.7. The first kappa shape index (κ1) is 59.8. The number of esters is 3. The average molecular weight is 1180 g/mol. The standard InChI is InChI=1S/C26H23Cl9N2O9S.C18H28O3S/c1-12-15(7-14(21(40)44-9-24(27,28)29)22(41)45-10-25(30,31)32)47-20-17(36-16(38)8-43-13-5-3-2-4-6-13)19(39)37(20)18(12)23(42)46-11-26(33,34)35;1-3-4-5-6-7-8-11-22(19)15(2)12-16-9-10-17-18(13-16)21-14-20-17/h2-6,14-15,17,20H,7-11H2,1H3,(H,36,38);9-10,13,15H,3-8,11-12,14H2,1-2H3/t15?,17?,20-;/m1./s1. The molecule has 3 heterocycles. The number of ether oxygens (including phenoxy) is 6. The quantitative estimate of drug-likeness (QED) is 0.0224. The molecule has 0 saturated carbocycles. The smallest absolute Gasteiger partial charge is 0.355 e. The molecule has 1 N–H and O–H groups in total. The van der Waals surface area contributed by atoms with Gasteiger partial charge < -0.3 is 38.3 Å². The van der Waals surface area contributed by atoms with Crippen LogP contribution in [0.25, 0.3) is 0 Å². The number of nitrogens with zero attached hydrogens (tertiary/aromatic N) is 1. The van der Waals surface area contributed by atoms with Gasteiger partial charge in [0.2, 0.25) is 18.2 Å². The Balaban J connectivity index is 0.000000391. The molecule has 2 aromatic rings. The summed E-state index contributed by atoms with van der Waals surface area (Å²) in [5.41, 5.74) is 1.11. The highest BCUT2D eigenvalue weighted by atomic mass is 35.6. The molecule has 2 aromatic carbocycles. The van der Waals surface area contributed by atoms with Gasteiger partial charge in [-0.15, -0.1) is 11.8 Å². The monoisotopic (exact) mass is 1180 g/mol. The average Bonchev–Trinajstić information content (AvgIpc) is 3.76. The molecule has 0 bridgehead atoms. The minimum Gasteiger partial charge on any atom is -0.616 e. The topological polar surface area (TPSA) is 179 Å². The van der Waals surface area contributed by atoms with E-state index in [9.17, 15) is 28.5 Å². The number of alkyl halides is 9. The second-order valence-electron chi connectivity index (χ2n) is 15.9. The van der Waals surface area contributed by atoms with Crippen molar-refractivity contribution < 1.29 is 56.9 Å². The van der Waals surface area contributed by atoms with Crippen LogP contribution in [0.1, 0.15) is 71.3 Å². The third-order valence-corrected chi connectivity index (χ3v) is 14.7. The van der Waals surface area contributed by atoms with E-state index in [0.29, 0.717) is 12.5 Å². The van der Waals surface area contributed by atoms with Gasteiger partial charge in [0.1, 0.15) is 53.7 Å². The van der Waals surface area contributed by atoms with Crippen LogP contribution in [0, 0.1) is 5.92 Å². The molecule has 0 spiro atoms. The van der Waals surface area contributed by atoms with Crippen LogP contribution in [0.15, 0.2) is 59.8 Å². The number of nitrogens with one attached hydrogen (secondary N) is 1. The van der Waals surface area contributed by atoms with Crippen molar-refractivity contribution in [2.45, 2.75) is 105 Å². The summed E-state index contributed by atoms with van der Waals surface area (Å²) >= 11 is 51.7. The number of carbonyl (C=O) groups excluding carboxylic acids is 5. The van der Waals surface area contributed by atoms with E-state index in [2.05, 4.69) is 19.2 Å². The van der Waals surface area contributed by atoms with Gasteiger partial charge in [-0.05, 0) is 68.5 Å². The number of para-hydroxylation sites is 1. The highest BCUT2D eigenvalue weighted by molar-refractivity contribution is 8.00. The van der Waals surface area contributed by atoms with E-state index in [1.807, 2.05) is 18.2 Å². The molecule has 5 rings (SSSR count). The zero-order chi connectivity index (χ0) is 51.1. The molecule has 5 atom stereocenters. The number of carbonyl (C=O) groups is 5. The van der Waals surface area contributed by atoms with E-state index >= 15 is 0 Å². The van der Waals surface area contributed by atoms with Gasteiger partial charge in [0.15, 0.2) is 24.0 Å². The summed E-state index contributed by atoms with van der Waals surface area (Å²) in [5.74, 6) is -3.49. The van der Waals surface area contributed by atoms with Gasteiger partial charge in [-0.1, -0.05) is 172 Å². The molecule has 69 heavy (non-hydrogen) atoms. The van der Waals surface area contributed by atoms with Gasteiger partial charge in [0.05, 0.1) is 0 Å². The number of thioether (sulfide) groups is 1. The van der Waals surface area contributed by atoms with Crippen molar-refractivity contribution in [3.05, 3.63) is 65.4 Å². The summed E-state index contributed by atoms with van der Waals surface area (Å²) in [6.07, 6.45) is 7.94. The second-order valence-corrected chi connectivity index (χ2v) is 26.7. The van der Waals surface area contributed by atoms with Gasteiger partial charge in [0.25, 0.3) is 11.8 Å². The number of β-lactam (4-membered cyclic amide) rings is 1. The third kappa shape index (κ3) is 20.2. The van der Waals surface area contributed by atoms with Crippen molar-refractivity contribution >= 4 is 157 Å². The van der Waals surface area contributed by atoms with Crippen molar-refractivity contribution in [3.8, 4) is 17.2 Å². The maximum Gasteiger partial charge on any atom is 0.355 e. The zero-order valence-corrected chi connectivity index (χ0v) is 45.9. The van der Waals surface area contributed by atoms with Gasteiger partial charge in [0, 0.05) is 11.7 Å². The predicted octanol–water partition coefficient (Wildman–Crippen LogP) is 10.3. The van der Waals surface area contributed by atoms with Crippen LogP contribution in [-0.4, -0.2) is 111 Å². The highest BCUT2D eigenvalue weighted by Gasteiger charge is 2.56. The lowest BCUT2D eigenvalue weighted by molar-refractivity contribution is -0.162. The Morgan fingerprint density at radius 2 is 1.42 bits per heavy atom. The SMILES string of the molecule is CC1=C(C(=O)OCC(Cl)(Cl)Cl)N2C(=O)C(NC(=O)COc3ccccc3)[C@H]2SC1CC(C(=O)OCC(Cl)(Cl)Cl)C(=O)OCC(Cl)(Cl)Cl.CCCCCCCC[S+]([O-])C(C)Cc1ccc2c(c1)OCO2. The lowest BCUT2D eigenvalue weighted by Crippen LogP contribution is -2.71. The Hall–Kier alpha value is -1.80. The number of rotatable bonds is 22. The Bertz CT molecular complexity index is 2060. The van der Waals surface area contributed by atoms with Crippen LogP contribution in [0.5, 0.6) is 17.2 Å². The summed E-state index contributed by atoms with van der Waals surface area (Å²) in [5, 5.41) is 0.966. The molecule has 0 aromatic heterocycles. The van der Waals surface area contributed by atoms with Crippen molar-refractivity contribution in [2.24, 2.45) is 5.92 Å². The number of hydrogen-bond acceptors (Lipinski definition) is 13. The predicted molar refractivity (Wildman–Crippen MR) is 273 cm³/mol. The fraction of sp³-hybridized carbons (Fsp3) is 0.568. The minimum absolute atomic E-state index is 0.191. The third-order valence-electron chi connectivity index (χ3n) is 10.3. The molecule has 3 aliphatic heterocycles. The van der Waals surface area contributed by atoms with Crippen molar-refractivity contribution in [2.75, 3.05) is 39.0 Å². The van der Waals surface area contributed by atoms with E-state index in [-0.39, 0.29) is 22.9 Å². The summed E-state index contributed by atoms with van der Waals surface area (Å²) in [4.78, 5) is 66.5. The van der Waals surface area contributed by atoms with Crippen LogP contribution >= 0.6 is 116 Å². The number of benzene rings is 2.